The van der Waals surface area contributed by atoms with Crippen LogP contribution >= 0.6 is 11.9 Å². The Hall–Kier alpha value is -3.90. The fourth-order valence-electron chi connectivity index (χ4n) is 4.17. The van der Waals surface area contributed by atoms with Crippen LogP contribution in [0.15, 0.2) is 66.7 Å². The number of imide groups is 1. The van der Waals surface area contributed by atoms with Gasteiger partial charge in [-0.3, -0.25) is 24.0 Å². The second kappa shape index (κ2) is 11.1. The minimum atomic E-state index is -2.33. The van der Waals surface area contributed by atoms with Gasteiger partial charge in [0.25, 0.3) is 17.7 Å². The molecule has 4 rings (SSSR count). The Balaban J connectivity index is 1.58. The van der Waals surface area contributed by atoms with E-state index in [2.05, 4.69) is 11.9 Å². The molecule has 0 aromatic heterocycles. The summed E-state index contributed by atoms with van der Waals surface area (Å²) in [6, 6.07) is 12.8. The molecule has 3 unspecified atom stereocenters. The van der Waals surface area contributed by atoms with Gasteiger partial charge in [-0.25, -0.2) is 4.31 Å². The zero-order valence-corrected chi connectivity index (χ0v) is 23.8. The summed E-state index contributed by atoms with van der Waals surface area (Å²) in [5.41, 5.74) is 0.814. The van der Waals surface area contributed by atoms with Gasteiger partial charge in [-0.15, -0.1) is 0 Å². The summed E-state index contributed by atoms with van der Waals surface area (Å²) in [7, 11) is -2.33. The van der Waals surface area contributed by atoms with Crippen LogP contribution in [0, 0.1) is 0 Å². The van der Waals surface area contributed by atoms with Gasteiger partial charge in [-0.05, 0) is 68.4 Å². The van der Waals surface area contributed by atoms with Crippen molar-refractivity contribution in [1.29, 1.82) is 0 Å². The van der Waals surface area contributed by atoms with Crippen molar-refractivity contribution < 1.29 is 33.1 Å². The second-order valence-corrected chi connectivity index (χ2v) is 15.6. The molecule has 0 spiro atoms. The van der Waals surface area contributed by atoms with Gasteiger partial charge in [0.1, 0.15) is 17.2 Å². The number of amides is 4. The summed E-state index contributed by atoms with van der Waals surface area (Å²) in [5, 5.41) is 1.65. The maximum Gasteiger partial charge on any atom is 0.319 e. The van der Waals surface area contributed by atoms with Crippen LogP contribution in [0.2, 0.25) is 19.6 Å². The summed E-state index contributed by atoms with van der Waals surface area (Å²) in [6.07, 6.45) is 0. The maximum absolute atomic E-state index is 13.4. The van der Waals surface area contributed by atoms with Gasteiger partial charge in [-0.1, -0.05) is 36.9 Å². The van der Waals surface area contributed by atoms with Gasteiger partial charge in [0.15, 0.2) is 12.6 Å². The number of likely N-dealkylation sites (tertiary alicyclic amines) is 1. The summed E-state index contributed by atoms with van der Waals surface area (Å²) in [4.78, 5) is 66.6. The lowest BCUT2D eigenvalue weighted by Crippen LogP contribution is -2.74. The first-order valence-electron chi connectivity index (χ1n) is 12.2. The van der Waals surface area contributed by atoms with Crippen molar-refractivity contribution in [3.63, 3.8) is 0 Å². The van der Waals surface area contributed by atoms with Crippen molar-refractivity contribution in [2.45, 2.75) is 44.0 Å². The largest absolute Gasteiger partial charge is 0.518 e. The van der Waals surface area contributed by atoms with Crippen LogP contribution in [0.5, 0.6) is 5.75 Å². The first-order chi connectivity index (χ1) is 18.4. The average molecular weight is 568 g/mol. The van der Waals surface area contributed by atoms with Crippen molar-refractivity contribution >= 4 is 49.9 Å². The molecule has 2 heterocycles. The number of fused-ring (bicyclic) bond motifs is 1. The monoisotopic (exact) mass is 567 g/mol. The molecule has 0 bridgehead atoms. The van der Waals surface area contributed by atoms with E-state index in [4.69, 9.17) is 9.16 Å². The van der Waals surface area contributed by atoms with Crippen LogP contribution in [-0.2, 0) is 18.8 Å². The van der Waals surface area contributed by atoms with E-state index in [1.165, 1.54) is 4.90 Å². The first-order valence-corrected chi connectivity index (χ1v) is 16.5. The second-order valence-electron chi connectivity index (χ2n) is 10.1. The van der Waals surface area contributed by atoms with Crippen LogP contribution in [0.4, 0.5) is 0 Å². The zero-order chi connectivity index (χ0) is 28.5. The van der Waals surface area contributed by atoms with Crippen molar-refractivity contribution in [1.82, 2.24) is 14.5 Å². The van der Waals surface area contributed by atoms with E-state index in [0.717, 1.165) is 16.3 Å². The molecule has 2 aliphatic rings. The molecule has 1 saturated heterocycles. The first kappa shape index (κ1) is 28.1. The third kappa shape index (κ3) is 5.91. The van der Waals surface area contributed by atoms with E-state index in [0.29, 0.717) is 11.3 Å². The number of nitrogens with zero attached hydrogens (tertiary/aromatic N) is 2. The highest BCUT2D eigenvalue weighted by Crippen LogP contribution is 2.40. The van der Waals surface area contributed by atoms with E-state index < -0.39 is 55.4 Å². The number of hydrogen-bond donors (Lipinski definition) is 1. The number of rotatable bonds is 10. The van der Waals surface area contributed by atoms with Crippen LogP contribution in [-0.4, -0.2) is 71.2 Å². The molecule has 204 valence electrons. The standard InChI is InChI=1S/C27H29N3O7SSi/c1-16(2)22(27(35)37-39(3,4)5)29-25(34)21(28-20(31)15-36-17-11-7-6-8-12-17)26(29)38-30-23(32)18-13-9-10-14-19(18)24(30)33/h6-14,21-22,26H,1,15H2,2-5H3,(H,28,31). The molecule has 3 atom stereocenters. The Kier molecular flexibility index (Phi) is 7.98. The van der Waals surface area contributed by atoms with Gasteiger partial charge in [0, 0.05) is 0 Å². The quantitative estimate of drug-likeness (QED) is 0.153. The Labute approximate surface area is 231 Å². The van der Waals surface area contributed by atoms with Crippen molar-refractivity contribution in [3.8, 4) is 5.75 Å². The Morgan fingerprint density at radius 1 is 1.00 bits per heavy atom. The van der Waals surface area contributed by atoms with Gasteiger partial charge < -0.3 is 19.4 Å². The van der Waals surface area contributed by atoms with E-state index in [1.807, 2.05) is 19.6 Å². The summed E-state index contributed by atoms with van der Waals surface area (Å²) in [6.45, 7) is 10.6. The van der Waals surface area contributed by atoms with Gasteiger partial charge in [-0.2, -0.15) is 0 Å². The molecule has 0 aliphatic carbocycles. The summed E-state index contributed by atoms with van der Waals surface area (Å²) in [5.74, 6) is -2.43. The maximum atomic E-state index is 13.4. The molecule has 0 saturated carbocycles. The molecule has 1 fully saturated rings. The van der Waals surface area contributed by atoms with Crippen LogP contribution in [0.3, 0.4) is 0 Å². The molecule has 2 aromatic rings. The predicted octanol–water partition coefficient (Wildman–Crippen LogP) is 2.99. The highest BCUT2D eigenvalue weighted by molar-refractivity contribution is 7.98. The minimum absolute atomic E-state index is 0.235. The SMILES string of the molecule is C=C(C)C(C(=O)O[Si](C)(C)C)N1C(=O)C(NC(=O)COc2ccccc2)C1SN1C(=O)c2ccccc2C1=O. The van der Waals surface area contributed by atoms with Crippen molar-refractivity contribution in [2.24, 2.45) is 0 Å². The third-order valence-electron chi connectivity index (χ3n) is 5.85. The van der Waals surface area contributed by atoms with Crippen molar-refractivity contribution in [3.05, 3.63) is 77.9 Å². The topological polar surface area (TPSA) is 122 Å². The number of β-lactam (4-membered cyclic amide) rings is 1. The molecule has 39 heavy (non-hydrogen) atoms. The molecule has 0 radical (unpaired) electrons. The molecule has 12 heteroatoms. The molecular weight excluding hydrogens is 538 g/mol. The van der Waals surface area contributed by atoms with Crippen LogP contribution < -0.4 is 10.1 Å². The van der Waals surface area contributed by atoms with E-state index in [1.54, 1.807) is 61.5 Å². The van der Waals surface area contributed by atoms with Gasteiger partial charge in [0.05, 0.1) is 11.1 Å². The summed E-state index contributed by atoms with van der Waals surface area (Å²) >= 11 is 0.771. The van der Waals surface area contributed by atoms with E-state index in [-0.39, 0.29) is 17.7 Å². The lowest BCUT2D eigenvalue weighted by atomic mass is 9.99. The third-order valence-corrected chi connectivity index (χ3v) is 7.93. The number of carbonyl (C=O) groups is 5. The predicted molar refractivity (Wildman–Crippen MR) is 147 cm³/mol. The van der Waals surface area contributed by atoms with E-state index in [9.17, 15) is 24.0 Å². The number of nitrogens with one attached hydrogen (secondary N) is 1. The molecular formula is C27H29N3O7SSi. The lowest BCUT2D eigenvalue weighted by Gasteiger charge is -2.50. The Bertz CT molecular complexity index is 1310. The average Bonchev–Trinajstić information content (AvgIpc) is 3.12. The normalized spacial score (nSPS) is 19.2. The fraction of sp³-hybridized carbons (Fsp3) is 0.296. The fourth-order valence-corrected chi connectivity index (χ4v) is 6.12. The highest BCUT2D eigenvalue weighted by atomic mass is 32.2. The lowest BCUT2D eigenvalue weighted by molar-refractivity contribution is -0.159. The number of para-hydroxylation sites is 1. The van der Waals surface area contributed by atoms with Crippen LogP contribution in [0.1, 0.15) is 27.6 Å². The van der Waals surface area contributed by atoms with Gasteiger partial charge >= 0.3 is 5.97 Å². The summed E-state index contributed by atoms with van der Waals surface area (Å²) < 4.78 is 12.1. The smallest absolute Gasteiger partial charge is 0.319 e. The highest BCUT2D eigenvalue weighted by Gasteiger charge is 2.56. The minimum Gasteiger partial charge on any atom is -0.518 e. The zero-order valence-electron chi connectivity index (χ0n) is 22.0. The molecule has 2 aliphatic heterocycles. The number of ether oxygens (including phenoxy) is 1. The van der Waals surface area contributed by atoms with Gasteiger partial charge in [0.2, 0.25) is 14.2 Å². The molecule has 1 N–H and O–H groups in total. The number of benzene rings is 2. The Morgan fingerprint density at radius 2 is 1.56 bits per heavy atom. The number of carbonyl (C=O) groups excluding carboxylic acids is 5. The molecule has 2 aromatic carbocycles. The van der Waals surface area contributed by atoms with Crippen LogP contribution in [0.25, 0.3) is 0 Å². The number of hydrogen-bond acceptors (Lipinski definition) is 8. The van der Waals surface area contributed by atoms with Crippen molar-refractivity contribution in [2.75, 3.05) is 6.61 Å². The molecule has 10 nitrogen and oxygen atoms in total. The Morgan fingerprint density at radius 3 is 2.10 bits per heavy atom. The van der Waals surface area contributed by atoms with E-state index >= 15 is 0 Å². The molecule has 4 amide bonds.